The van der Waals surface area contributed by atoms with Crippen molar-refractivity contribution in [3.63, 3.8) is 0 Å². The summed E-state index contributed by atoms with van der Waals surface area (Å²) in [7, 11) is 4.35. The molecule has 0 aromatic carbocycles. The third-order valence-electron chi connectivity index (χ3n) is 3.66. The molecule has 1 aromatic rings. The zero-order valence-electron chi connectivity index (χ0n) is 12.2. The monoisotopic (exact) mass is 249 g/mol. The van der Waals surface area contributed by atoms with Crippen LogP contribution in [-0.2, 0) is 6.54 Å². The number of aromatic nitrogens is 1. The van der Waals surface area contributed by atoms with Crippen molar-refractivity contribution >= 4 is 0 Å². The molecule has 102 valence electrons. The lowest BCUT2D eigenvalue weighted by atomic mass is 9.93. The standard InChI is InChI=1S/C15H27N3/c1-5-14(6-2)15(18(3)4)12-17-11-13-8-7-9-16-10-13/h7-10,14-15,17H,5-6,11-12H2,1-4H3. The first-order chi connectivity index (χ1) is 8.69. The zero-order chi connectivity index (χ0) is 13.4. The molecule has 3 heteroatoms. The molecule has 1 heterocycles. The van der Waals surface area contributed by atoms with Gasteiger partial charge in [-0.1, -0.05) is 32.8 Å². The van der Waals surface area contributed by atoms with Gasteiger partial charge in [0, 0.05) is 31.5 Å². The number of rotatable bonds is 8. The first kappa shape index (κ1) is 15.1. The molecule has 1 rings (SSSR count). The number of hydrogen-bond donors (Lipinski definition) is 1. The van der Waals surface area contributed by atoms with Crippen LogP contribution in [-0.4, -0.2) is 36.6 Å². The smallest absolute Gasteiger partial charge is 0.0312 e. The molecule has 1 atom stereocenters. The Balaban J connectivity index is 2.43. The van der Waals surface area contributed by atoms with E-state index in [1.165, 1.54) is 18.4 Å². The summed E-state index contributed by atoms with van der Waals surface area (Å²) < 4.78 is 0. The highest BCUT2D eigenvalue weighted by molar-refractivity contribution is 5.07. The van der Waals surface area contributed by atoms with Crippen LogP contribution >= 0.6 is 0 Å². The Morgan fingerprint density at radius 2 is 2.00 bits per heavy atom. The molecule has 0 aliphatic rings. The quantitative estimate of drug-likeness (QED) is 0.767. The fourth-order valence-electron chi connectivity index (χ4n) is 2.47. The summed E-state index contributed by atoms with van der Waals surface area (Å²) in [5, 5.41) is 3.55. The number of nitrogens with one attached hydrogen (secondary N) is 1. The van der Waals surface area contributed by atoms with Gasteiger partial charge < -0.3 is 10.2 Å². The van der Waals surface area contributed by atoms with Gasteiger partial charge in [-0.2, -0.15) is 0 Å². The first-order valence-electron chi connectivity index (χ1n) is 6.95. The predicted octanol–water partition coefficient (Wildman–Crippen LogP) is 2.54. The lowest BCUT2D eigenvalue weighted by Crippen LogP contribution is -2.42. The maximum atomic E-state index is 4.13. The van der Waals surface area contributed by atoms with Gasteiger partial charge >= 0.3 is 0 Å². The largest absolute Gasteiger partial charge is 0.311 e. The van der Waals surface area contributed by atoms with Gasteiger partial charge in [0.1, 0.15) is 0 Å². The molecular weight excluding hydrogens is 222 g/mol. The molecule has 0 bridgehead atoms. The summed E-state index contributed by atoms with van der Waals surface area (Å²) in [4.78, 5) is 6.48. The minimum Gasteiger partial charge on any atom is -0.311 e. The molecule has 0 amide bonds. The molecule has 1 unspecified atom stereocenters. The Kier molecular flexibility index (Phi) is 6.91. The van der Waals surface area contributed by atoms with Gasteiger partial charge in [0.25, 0.3) is 0 Å². The van der Waals surface area contributed by atoms with Crippen LogP contribution in [0.3, 0.4) is 0 Å². The maximum Gasteiger partial charge on any atom is 0.0312 e. The third-order valence-corrected chi connectivity index (χ3v) is 3.66. The first-order valence-corrected chi connectivity index (χ1v) is 6.95. The van der Waals surface area contributed by atoms with E-state index >= 15 is 0 Å². The van der Waals surface area contributed by atoms with E-state index in [0.29, 0.717) is 6.04 Å². The Morgan fingerprint density at radius 1 is 1.28 bits per heavy atom. The molecule has 1 aromatic heterocycles. The van der Waals surface area contributed by atoms with Crippen LogP contribution in [0, 0.1) is 5.92 Å². The van der Waals surface area contributed by atoms with Crippen LogP contribution < -0.4 is 5.32 Å². The second-order valence-corrected chi connectivity index (χ2v) is 5.10. The van der Waals surface area contributed by atoms with Gasteiger partial charge in [-0.3, -0.25) is 4.98 Å². The van der Waals surface area contributed by atoms with Crippen molar-refractivity contribution in [2.45, 2.75) is 39.3 Å². The topological polar surface area (TPSA) is 28.2 Å². The van der Waals surface area contributed by atoms with E-state index < -0.39 is 0 Å². The second kappa shape index (κ2) is 8.22. The van der Waals surface area contributed by atoms with Crippen molar-refractivity contribution in [3.05, 3.63) is 30.1 Å². The number of likely N-dealkylation sites (N-methyl/N-ethyl adjacent to an activating group) is 1. The summed E-state index contributed by atoms with van der Waals surface area (Å²) in [6.07, 6.45) is 6.23. The van der Waals surface area contributed by atoms with E-state index in [1.54, 1.807) is 0 Å². The van der Waals surface area contributed by atoms with Crippen LogP contribution in [0.15, 0.2) is 24.5 Å². The van der Waals surface area contributed by atoms with Crippen molar-refractivity contribution in [3.8, 4) is 0 Å². The lowest BCUT2D eigenvalue weighted by Gasteiger charge is -2.31. The summed E-state index contributed by atoms with van der Waals surface area (Å²) in [5.74, 6) is 0.765. The van der Waals surface area contributed by atoms with Crippen LogP contribution in [0.2, 0.25) is 0 Å². The van der Waals surface area contributed by atoms with Crippen LogP contribution in [0.25, 0.3) is 0 Å². The average Bonchev–Trinajstić information content (AvgIpc) is 2.39. The SMILES string of the molecule is CCC(CC)C(CNCc1cccnc1)N(C)C. The van der Waals surface area contributed by atoms with Gasteiger partial charge in [-0.25, -0.2) is 0 Å². The van der Waals surface area contributed by atoms with Gasteiger partial charge in [-0.15, -0.1) is 0 Å². The molecule has 0 radical (unpaired) electrons. The van der Waals surface area contributed by atoms with Gasteiger partial charge in [-0.05, 0) is 31.6 Å². The van der Waals surface area contributed by atoms with Crippen LogP contribution in [0.1, 0.15) is 32.3 Å². The van der Waals surface area contributed by atoms with Crippen molar-refractivity contribution in [1.29, 1.82) is 0 Å². The van der Waals surface area contributed by atoms with Crippen LogP contribution in [0.4, 0.5) is 0 Å². The number of nitrogens with zero attached hydrogens (tertiary/aromatic N) is 2. The highest BCUT2D eigenvalue weighted by Gasteiger charge is 2.19. The molecule has 1 N–H and O–H groups in total. The molecular formula is C15H27N3. The van der Waals surface area contributed by atoms with E-state index in [9.17, 15) is 0 Å². The summed E-state index contributed by atoms with van der Waals surface area (Å²) in [6, 6.07) is 4.71. The Bertz CT molecular complexity index is 307. The summed E-state index contributed by atoms with van der Waals surface area (Å²) >= 11 is 0. The van der Waals surface area contributed by atoms with E-state index in [2.05, 4.69) is 49.2 Å². The fourth-order valence-corrected chi connectivity index (χ4v) is 2.47. The molecule has 0 aliphatic carbocycles. The van der Waals surface area contributed by atoms with Crippen molar-refractivity contribution < 1.29 is 0 Å². The van der Waals surface area contributed by atoms with Crippen LogP contribution in [0.5, 0.6) is 0 Å². The minimum atomic E-state index is 0.608. The zero-order valence-corrected chi connectivity index (χ0v) is 12.2. The highest BCUT2D eigenvalue weighted by atomic mass is 15.1. The Hall–Kier alpha value is -0.930. The highest BCUT2D eigenvalue weighted by Crippen LogP contribution is 2.16. The van der Waals surface area contributed by atoms with Crippen molar-refractivity contribution in [1.82, 2.24) is 15.2 Å². The second-order valence-electron chi connectivity index (χ2n) is 5.10. The van der Waals surface area contributed by atoms with E-state index in [1.807, 2.05) is 18.5 Å². The van der Waals surface area contributed by atoms with E-state index in [4.69, 9.17) is 0 Å². The number of pyridine rings is 1. The molecule has 0 fully saturated rings. The molecule has 0 spiro atoms. The molecule has 0 aliphatic heterocycles. The summed E-state index contributed by atoms with van der Waals surface area (Å²) in [6.45, 7) is 6.50. The Labute approximate surface area is 112 Å². The van der Waals surface area contributed by atoms with E-state index in [0.717, 1.165) is 19.0 Å². The predicted molar refractivity (Wildman–Crippen MR) is 77.5 cm³/mol. The molecule has 0 saturated heterocycles. The minimum absolute atomic E-state index is 0.608. The fraction of sp³-hybridized carbons (Fsp3) is 0.667. The lowest BCUT2D eigenvalue weighted by molar-refractivity contribution is 0.194. The van der Waals surface area contributed by atoms with Crippen molar-refractivity contribution in [2.24, 2.45) is 5.92 Å². The van der Waals surface area contributed by atoms with E-state index in [-0.39, 0.29) is 0 Å². The molecule has 18 heavy (non-hydrogen) atoms. The molecule has 3 nitrogen and oxygen atoms in total. The summed E-state index contributed by atoms with van der Waals surface area (Å²) in [5.41, 5.74) is 1.25. The van der Waals surface area contributed by atoms with Gasteiger partial charge in [0.15, 0.2) is 0 Å². The third kappa shape index (κ3) is 4.75. The van der Waals surface area contributed by atoms with Gasteiger partial charge in [0.2, 0.25) is 0 Å². The Morgan fingerprint density at radius 3 is 2.50 bits per heavy atom. The van der Waals surface area contributed by atoms with Gasteiger partial charge in [0.05, 0.1) is 0 Å². The van der Waals surface area contributed by atoms with Crippen molar-refractivity contribution in [2.75, 3.05) is 20.6 Å². The maximum absolute atomic E-state index is 4.13. The number of hydrogen-bond acceptors (Lipinski definition) is 3. The average molecular weight is 249 g/mol. The normalized spacial score (nSPS) is 13.2. The molecule has 0 saturated carbocycles.